The molecule has 1 saturated heterocycles. The summed E-state index contributed by atoms with van der Waals surface area (Å²) in [4.78, 5) is 45.3. The highest BCUT2D eigenvalue weighted by atomic mass is 16.2. The number of carbonyl (C=O) groups is 2. The van der Waals surface area contributed by atoms with Gasteiger partial charge in [0.25, 0.3) is 11.5 Å². The van der Waals surface area contributed by atoms with Crippen molar-refractivity contribution in [1.29, 1.82) is 0 Å². The lowest BCUT2D eigenvalue weighted by molar-refractivity contribution is -0.135. The normalized spacial score (nSPS) is 14.5. The second-order valence-electron chi connectivity index (χ2n) is 6.94. The monoisotopic (exact) mass is 376 g/mol. The quantitative estimate of drug-likeness (QED) is 0.694. The van der Waals surface area contributed by atoms with E-state index in [4.69, 9.17) is 0 Å². The second-order valence-corrected chi connectivity index (χ2v) is 6.94. The second kappa shape index (κ2) is 7.26. The molecule has 0 radical (unpaired) electrons. The Kier molecular flexibility index (Phi) is 4.65. The van der Waals surface area contributed by atoms with Gasteiger partial charge >= 0.3 is 0 Å². The number of fused-ring (bicyclic) bond motifs is 1. The lowest BCUT2D eigenvalue weighted by atomic mass is 10.1. The van der Waals surface area contributed by atoms with E-state index in [9.17, 15) is 14.4 Å². The van der Waals surface area contributed by atoms with Crippen LogP contribution in [0.2, 0.25) is 0 Å². The molecule has 0 N–H and O–H groups in total. The number of aromatic nitrogens is 2. The highest BCUT2D eigenvalue weighted by Gasteiger charge is 2.29. The fourth-order valence-corrected chi connectivity index (χ4v) is 3.42. The molecule has 0 saturated carbocycles. The average Bonchev–Trinajstić information content (AvgIpc) is 2.70. The van der Waals surface area contributed by atoms with Crippen LogP contribution in [0.4, 0.5) is 0 Å². The Morgan fingerprint density at radius 3 is 2.75 bits per heavy atom. The van der Waals surface area contributed by atoms with Crippen LogP contribution < -0.4 is 5.56 Å². The minimum atomic E-state index is -0.459. The number of hydrogen-bond donors (Lipinski definition) is 0. The molecule has 1 aromatic carbocycles. The Balaban J connectivity index is 1.50. The maximum absolute atomic E-state index is 12.8. The number of piperazine rings is 1. The van der Waals surface area contributed by atoms with Gasteiger partial charge in [-0.15, -0.1) is 0 Å². The summed E-state index contributed by atoms with van der Waals surface area (Å²) in [6.45, 7) is 3.30. The topological polar surface area (TPSA) is 75.0 Å². The SMILES string of the molecule is Cc1cccc(CN2CCN(C(=O)c3cnc4ccccn4c3=O)CC2=O)c1. The molecule has 0 aliphatic carbocycles. The lowest BCUT2D eigenvalue weighted by Gasteiger charge is -2.34. The van der Waals surface area contributed by atoms with Crippen LogP contribution in [0.25, 0.3) is 5.65 Å². The minimum absolute atomic E-state index is 0.0244. The third-order valence-corrected chi connectivity index (χ3v) is 4.91. The molecule has 142 valence electrons. The van der Waals surface area contributed by atoms with Crippen LogP contribution in [-0.4, -0.2) is 50.6 Å². The van der Waals surface area contributed by atoms with Gasteiger partial charge in [-0.2, -0.15) is 0 Å². The van der Waals surface area contributed by atoms with Gasteiger partial charge in [-0.05, 0) is 24.6 Å². The van der Waals surface area contributed by atoms with Crippen molar-refractivity contribution in [2.45, 2.75) is 13.5 Å². The maximum atomic E-state index is 12.8. The Bertz CT molecular complexity index is 1120. The van der Waals surface area contributed by atoms with Gasteiger partial charge in [0, 0.05) is 32.0 Å². The summed E-state index contributed by atoms with van der Waals surface area (Å²) in [6.07, 6.45) is 2.87. The molecule has 7 heteroatoms. The van der Waals surface area contributed by atoms with Crippen molar-refractivity contribution in [2.24, 2.45) is 0 Å². The molecule has 28 heavy (non-hydrogen) atoms. The standard InChI is InChI=1S/C21H20N4O3/c1-15-5-4-6-16(11-15)13-23-9-10-24(14-19(23)26)20(27)17-12-22-18-7-2-3-8-25(18)21(17)28/h2-8,11-12H,9-10,13-14H2,1H3. The molecule has 4 rings (SSSR count). The van der Waals surface area contributed by atoms with Crippen molar-refractivity contribution < 1.29 is 9.59 Å². The number of nitrogens with zero attached hydrogens (tertiary/aromatic N) is 4. The number of carbonyl (C=O) groups excluding carboxylic acids is 2. The molecule has 2 aromatic heterocycles. The largest absolute Gasteiger partial charge is 0.335 e. The van der Waals surface area contributed by atoms with E-state index in [2.05, 4.69) is 4.98 Å². The van der Waals surface area contributed by atoms with E-state index < -0.39 is 11.5 Å². The molecule has 0 bridgehead atoms. The first-order chi connectivity index (χ1) is 13.5. The molecular weight excluding hydrogens is 356 g/mol. The zero-order chi connectivity index (χ0) is 19.7. The summed E-state index contributed by atoms with van der Waals surface area (Å²) in [5.74, 6) is -0.589. The van der Waals surface area contributed by atoms with E-state index in [1.54, 1.807) is 29.3 Å². The van der Waals surface area contributed by atoms with Crippen molar-refractivity contribution in [3.8, 4) is 0 Å². The smallest absolute Gasteiger partial charge is 0.270 e. The molecule has 7 nitrogen and oxygen atoms in total. The van der Waals surface area contributed by atoms with E-state index in [-0.39, 0.29) is 18.0 Å². The Morgan fingerprint density at radius 1 is 1.11 bits per heavy atom. The van der Waals surface area contributed by atoms with Crippen LogP contribution in [0.1, 0.15) is 21.5 Å². The highest BCUT2D eigenvalue weighted by molar-refractivity contribution is 5.96. The van der Waals surface area contributed by atoms with Crippen LogP contribution in [0.5, 0.6) is 0 Å². The number of hydrogen-bond acceptors (Lipinski definition) is 4. The summed E-state index contributed by atoms with van der Waals surface area (Å²) in [5.41, 5.74) is 2.23. The zero-order valence-corrected chi connectivity index (χ0v) is 15.5. The number of amides is 2. The Hall–Kier alpha value is -3.48. The van der Waals surface area contributed by atoms with Crippen molar-refractivity contribution in [3.05, 3.63) is 81.9 Å². The first kappa shape index (κ1) is 17.9. The predicted molar refractivity (Wildman–Crippen MR) is 104 cm³/mol. The number of benzene rings is 1. The molecule has 1 fully saturated rings. The van der Waals surface area contributed by atoms with Crippen LogP contribution in [-0.2, 0) is 11.3 Å². The Morgan fingerprint density at radius 2 is 1.96 bits per heavy atom. The molecular formula is C21H20N4O3. The third kappa shape index (κ3) is 3.38. The minimum Gasteiger partial charge on any atom is -0.335 e. The van der Waals surface area contributed by atoms with Crippen molar-refractivity contribution in [3.63, 3.8) is 0 Å². The van der Waals surface area contributed by atoms with E-state index in [0.717, 1.165) is 11.1 Å². The predicted octanol–water partition coefficient (Wildman–Crippen LogP) is 1.49. The third-order valence-electron chi connectivity index (χ3n) is 4.91. The van der Waals surface area contributed by atoms with E-state index in [1.165, 1.54) is 15.5 Å². The van der Waals surface area contributed by atoms with E-state index in [0.29, 0.717) is 25.3 Å². The lowest BCUT2D eigenvalue weighted by Crippen LogP contribution is -2.52. The summed E-state index contributed by atoms with van der Waals surface area (Å²) in [7, 11) is 0. The van der Waals surface area contributed by atoms with Gasteiger partial charge in [0.1, 0.15) is 17.8 Å². The Labute approximate surface area is 161 Å². The van der Waals surface area contributed by atoms with Crippen molar-refractivity contribution in [1.82, 2.24) is 19.2 Å². The highest BCUT2D eigenvalue weighted by Crippen LogP contribution is 2.13. The van der Waals surface area contributed by atoms with E-state index in [1.807, 2.05) is 31.2 Å². The first-order valence-corrected chi connectivity index (χ1v) is 9.12. The summed E-state index contributed by atoms with van der Waals surface area (Å²) in [6, 6.07) is 13.2. The molecule has 1 aliphatic rings. The van der Waals surface area contributed by atoms with Crippen LogP contribution in [0, 0.1) is 6.92 Å². The summed E-state index contributed by atoms with van der Waals surface area (Å²) >= 11 is 0. The van der Waals surface area contributed by atoms with Crippen molar-refractivity contribution >= 4 is 17.5 Å². The maximum Gasteiger partial charge on any atom is 0.270 e. The van der Waals surface area contributed by atoms with Crippen LogP contribution >= 0.6 is 0 Å². The molecule has 3 heterocycles. The van der Waals surface area contributed by atoms with Crippen LogP contribution in [0.3, 0.4) is 0 Å². The van der Waals surface area contributed by atoms with E-state index >= 15 is 0 Å². The van der Waals surface area contributed by atoms with Gasteiger partial charge in [0.05, 0.1) is 0 Å². The fourth-order valence-electron chi connectivity index (χ4n) is 3.42. The van der Waals surface area contributed by atoms with Gasteiger partial charge in [-0.3, -0.25) is 18.8 Å². The zero-order valence-electron chi connectivity index (χ0n) is 15.5. The number of pyridine rings is 1. The van der Waals surface area contributed by atoms with Gasteiger partial charge in [0.15, 0.2) is 0 Å². The molecule has 0 unspecified atom stereocenters. The average molecular weight is 376 g/mol. The molecule has 0 spiro atoms. The molecule has 3 aromatic rings. The van der Waals surface area contributed by atoms with Crippen molar-refractivity contribution in [2.75, 3.05) is 19.6 Å². The van der Waals surface area contributed by atoms with Gasteiger partial charge in [-0.1, -0.05) is 35.9 Å². The van der Waals surface area contributed by atoms with Gasteiger partial charge in [-0.25, -0.2) is 4.98 Å². The molecule has 0 atom stereocenters. The summed E-state index contributed by atoms with van der Waals surface area (Å²) in [5, 5.41) is 0. The van der Waals surface area contributed by atoms with Gasteiger partial charge < -0.3 is 9.80 Å². The summed E-state index contributed by atoms with van der Waals surface area (Å²) < 4.78 is 1.34. The fraction of sp³-hybridized carbons (Fsp3) is 0.238. The first-order valence-electron chi connectivity index (χ1n) is 9.12. The molecule has 1 aliphatic heterocycles. The van der Waals surface area contributed by atoms with Crippen LogP contribution in [0.15, 0.2) is 59.7 Å². The van der Waals surface area contributed by atoms with Gasteiger partial charge in [0.2, 0.25) is 5.91 Å². The number of rotatable bonds is 3. The molecule has 2 amide bonds. The number of aryl methyl sites for hydroxylation is 1.